The lowest BCUT2D eigenvalue weighted by Gasteiger charge is -2.16. The molecule has 3 heteroatoms. The summed E-state index contributed by atoms with van der Waals surface area (Å²) in [4.78, 5) is 25.0. The second-order valence-corrected chi connectivity index (χ2v) is 7.16. The van der Waals surface area contributed by atoms with E-state index in [4.69, 9.17) is 0 Å². The molecule has 27 heavy (non-hydrogen) atoms. The Morgan fingerprint density at radius 1 is 0.778 bits per heavy atom. The molecule has 0 unspecified atom stereocenters. The summed E-state index contributed by atoms with van der Waals surface area (Å²) in [5.41, 5.74) is 4.78. The molecule has 3 nitrogen and oxygen atoms in total. The molecule has 1 aliphatic carbocycles. The van der Waals surface area contributed by atoms with Crippen LogP contribution in [0.4, 0.5) is 0 Å². The predicted molar refractivity (Wildman–Crippen MR) is 108 cm³/mol. The number of fused-ring (bicyclic) bond motifs is 2. The first kappa shape index (κ1) is 17.5. The smallest absolute Gasteiger partial charge is 0.251 e. The van der Waals surface area contributed by atoms with E-state index in [9.17, 15) is 9.59 Å². The SMILES string of the molecule is CCNC(=O)c1ccc2cc(C(=O)c3ccc4c(c3)CCCC4)ccc2c1. The van der Waals surface area contributed by atoms with Crippen molar-refractivity contribution in [1.29, 1.82) is 0 Å². The van der Waals surface area contributed by atoms with E-state index in [1.54, 1.807) is 6.07 Å². The van der Waals surface area contributed by atoms with Gasteiger partial charge in [0, 0.05) is 23.2 Å². The Bertz CT molecular complexity index is 1040. The van der Waals surface area contributed by atoms with Crippen LogP contribution in [0.2, 0.25) is 0 Å². The van der Waals surface area contributed by atoms with Crippen LogP contribution in [0.25, 0.3) is 10.8 Å². The van der Waals surface area contributed by atoms with Gasteiger partial charge in [0.05, 0.1) is 0 Å². The van der Waals surface area contributed by atoms with E-state index in [0.29, 0.717) is 17.7 Å². The first-order chi connectivity index (χ1) is 13.2. The summed E-state index contributed by atoms with van der Waals surface area (Å²) in [6, 6.07) is 17.4. The highest BCUT2D eigenvalue weighted by molar-refractivity contribution is 6.11. The van der Waals surface area contributed by atoms with E-state index in [2.05, 4.69) is 17.4 Å². The Kier molecular flexibility index (Phi) is 4.76. The van der Waals surface area contributed by atoms with Gasteiger partial charge in [-0.3, -0.25) is 9.59 Å². The molecule has 0 saturated carbocycles. The van der Waals surface area contributed by atoms with Gasteiger partial charge in [-0.05, 0) is 78.8 Å². The van der Waals surface area contributed by atoms with E-state index < -0.39 is 0 Å². The summed E-state index contributed by atoms with van der Waals surface area (Å²) in [5.74, 6) is -0.0216. The fourth-order valence-corrected chi connectivity index (χ4v) is 3.83. The molecule has 0 atom stereocenters. The second kappa shape index (κ2) is 7.36. The lowest BCUT2D eigenvalue weighted by atomic mass is 9.89. The van der Waals surface area contributed by atoms with Crippen LogP contribution in [0, 0.1) is 0 Å². The van der Waals surface area contributed by atoms with Crippen molar-refractivity contribution in [2.75, 3.05) is 6.54 Å². The second-order valence-electron chi connectivity index (χ2n) is 7.16. The van der Waals surface area contributed by atoms with Crippen molar-refractivity contribution in [1.82, 2.24) is 5.32 Å². The summed E-state index contributed by atoms with van der Waals surface area (Å²) in [6.45, 7) is 2.50. The maximum atomic E-state index is 13.0. The van der Waals surface area contributed by atoms with Gasteiger partial charge in [0.15, 0.2) is 5.78 Å². The molecule has 1 aliphatic rings. The van der Waals surface area contributed by atoms with Gasteiger partial charge in [0.1, 0.15) is 0 Å². The van der Waals surface area contributed by atoms with Crippen LogP contribution in [0.5, 0.6) is 0 Å². The summed E-state index contributed by atoms with van der Waals surface area (Å²) in [7, 11) is 0. The lowest BCUT2D eigenvalue weighted by Crippen LogP contribution is -2.22. The molecule has 136 valence electrons. The molecule has 0 heterocycles. The van der Waals surface area contributed by atoms with Crippen LogP contribution >= 0.6 is 0 Å². The van der Waals surface area contributed by atoms with E-state index in [-0.39, 0.29) is 11.7 Å². The fraction of sp³-hybridized carbons (Fsp3) is 0.250. The quantitative estimate of drug-likeness (QED) is 0.688. The molecule has 0 aliphatic heterocycles. The van der Waals surface area contributed by atoms with Crippen molar-refractivity contribution < 1.29 is 9.59 Å². The molecule has 3 aromatic carbocycles. The first-order valence-electron chi connectivity index (χ1n) is 9.64. The standard InChI is InChI=1S/C24H23NO2/c1-2-25-24(27)22-12-9-18-14-21(11-8-19(18)15-22)23(26)20-10-7-16-5-3-4-6-17(16)13-20/h7-15H,2-6H2,1H3,(H,25,27). The van der Waals surface area contributed by atoms with Gasteiger partial charge in [0.25, 0.3) is 5.91 Å². The van der Waals surface area contributed by atoms with Crippen molar-refractivity contribution in [3.8, 4) is 0 Å². The Morgan fingerprint density at radius 3 is 2.11 bits per heavy atom. The van der Waals surface area contributed by atoms with Gasteiger partial charge in [-0.15, -0.1) is 0 Å². The molecular weight excluding hydrogens is 334 g/mol. The minimum absolute atomic E-state index is 0.0538. The summed E-state index contributed by atoms with van der Waals surface area (Å²) < 4.78 is 0. The zero-order valence-corrected chi connectivity index (χ0v) is 15.5. The average molecular weight is 357 g/mol. The van der Waals surface area contributed by atoms with E-state index in [1.807, 2.05) is 43.3 Å². The topological polar surface area (TPSA) is 46.2 Å². The number of amides is 1. The zero-order chi connectivity index (χ0) is 18.8. The molecule has 0 spiro atoms. The number of carbonyl (C=O) groups is 2. The minimum Gasteiger partial charge on any atom is -0.352 e. The number of benzene rings is 3. The number of nitrogens with one attached hydrogen (secondary N) is 1. The number of hydrogen-bond acceptors (Lipinski definition) is 2. The molecule has 3 aromatic rings. The molecule has 0 aromatic heterocycles. The monoisotopic (exact) mass is 357 g/mol. The lowest BCUT2D eigenvalue weighted by molar-refractivity contribution is 0.0955. The van der Waals surface area contributed by atoms with Gasteiger partial charge < -0.3 is 5.32 Å². The van der Waals surface area contributed by atoms with Gasteiger partial charge in [-0.1, -0.05) is 30.3 Å². The third-order valence-electron chi connectivity index (χ3n) is 5.31. The third-order valence-corrected chi connectivity index (χ3v) is 5.31. The van der Waals surface area contributed by atoms with Crippen molar-refractivity contribution in [3.05, 3.63) is 82.4 Å². The van der Waals surface area contributed by atoms with Gasteiger partial charge in [-0.25, -0.2) is 0 Å². The first-order valence-corrected chi connectivity index (χ1v) is 9.64. The van der Waals surface area contributed by atoms with Crippen LogP contribution < -0.4 is 5.32 Å². The van der Waals surface area contributed by atoms with Gasteiger partial charge in [0.2, 0.25) is 0 Å². The molecule has 0 radical (unpaired) electrons. The van der Waals surface area contributed by atoms with E-state index in [0.717, 1.165) is 29.2 Å². The Balaban J connectivity index is 1.64. The molecule has 0 bridgehead atoms. The average Bonchev–Trinajstić information content (AvgIpc) is 2.72. The van der Waals surface area contributed by atoms with Crippen LogP contribution in [0.15, 0.2) is 54.6 Å². The molecule has 0 saturated heterocycles. The van der Waals surface area contributed by atoms with Gasteiger partial charge >= 0.3 is 0 Å². The maximum absolute atomic E-state index is 13.0. The highest BCUT2D eigenvalue weighted by Crippen LogP contribution is 2.25. The summed E-state index contributed by atoms with van der Waals surface area (Å²) >= 11 is 0. The molecule has 4 rings (SSSR count). The fourth-order valence-electron chi connectivity index (χ4n) is 3.83. The van der Waals surface area contributed by atoms with Crippen LogP contribution in [0.1, 0.15) is 57.2 Å². The Labute approximate surface area is 159 Å². The number of aryl methyl sites for hydroxylation is 2. The molecule has 1 N–H and O–H groups in total. The highest BCUT2D eigenvalue weighted by atomic mass is 16.1. The number of ketones is 1. The molecule has 1 amide bonds. The van der Waals surface area contributed by atoms with Crippen molar-refractivity contribution in [2.45, 2.75) is 32.6 Å². The van der Waals surface area contributed by atoms with Crippen LogP contribution in [-0.2, 0) is 12.8 Å². The Hall–Kier alpha value is -2.94. The van der Waals surface area contributed by atoms with Crippen molar-refractivity contribution in [3.63, 3.8) is 0 Å². The number of rotatable bonds is 4. The van der Waals surface area contributed by atoms with E-state index in [1.165, 1.54) is 24.0 Å². The predicted octanol–water partition coefficient (Wildman–Crippen LogP) is 4.70. The third kappa shape index (κ3) is 3.50. The normalized spacial score (nSPS) is 13.2. The number of carbonyl (C=O) groups excluding carboxylic acids is 2. The van der Waals surface area contributed by atoms with Crippen LogP contribution in [0.3, 0.4) is 0 Å². The highest BCUT2D eigenvalue weighted by Gasteiger charge is 2.15. The Morgan fingerprint density at radius 2 is 1.37 bits per heavy atom. The minimum atomic E-state index is -0.0754. The van der Waals surface area contributed by atoms with Crippen molar-refractivity contribution >= 4 is 22.5 Å². The van der Waals surface area contributed by atoms with Gasteiger partial charge in [-0.2, -0.15) is 0 Å². The van der Waals surface area contributed by atoms with Crippen molar-refractivity contribution in [2.24, 2.45) is 0 Å². The van der Waals surface area contributed by atoms with Crippen LogP contribution in [-0.4, -0.2) is 18.2 Å². The zero-order valence-electron chi connectivity index (χ0n) is 15.5. The van der Waals surface area contributed by atoms with E-state index >= 15 is 0 Å². The summed E-state index contributed by atoms with van der Waals surface area (Å²) in [5, 5.41) is 4.73. The molecular formula is C24H23NO2. The largest absolute Gasteiger partial charge is 0.352 e. The maximum Gasteiger partial charge on any atom is 0.251 e. The number of hydrogen-bond donors (Lipinski definition) is 1. The molecule has 0 fully saturated rings. The summed E-state index contributed by atoms with van der Waals surface area (Å²) in [6.07, 6.45) is 4.63.